The highest BCUT2D eigenvalue weighted by Crippen LogP contribution is 2.17. The van der Waals surface area contributed by atoms with Crippen molar-refractivity contribution in [2.45, 2.75) is 26.0 Å². The van der Waals surface area contributed by atoms with E-state index < -0.39 is 0 Å². The largest absolute Gasteiger partial charge is 0.123 e. The van der Waals surface area contributed by atoms with Crippen LogP contribution in [0, 0.1) is 0 Å². The van der Waals surface area contributed by atoms with Gasteiger partial charge in [0, 0.05) is 15.1 Å². The van der Waals surface area contributed by atoms with E-state index in [1.54, 1.807) is 11.8 Å². The van der Waals surface area contributed by atoms with Gasteiger partial charge in [0.1, 0.15) is 0 Å². The van der Waals surface area contributed by atoms with E-state index in [9.17, 15) is 0 Å². The third-order valence-electron chi connectivity index (χ3n) is 1.89. The first-order chi connectivity index (χ1) is 7.09. The first-order valence-electron chi connectivity index (χ1n) is 4.93. The Hall–Kier alpha value is -0.430. The molecule has 0 bridgehead atoms. The molecule has 0 amide bonds. The van der Waals surface area contributed by atoms with Crippen LogP contribution in [0.25, 0.3) is 5.57 Å². The van der Waals surface area contributed by atoms with Crippen molar-refractivity contribution in [3.63, 3.8) is 0 Å². The van der Waals surface area contributed by atoms with Gasteiger partial charge in [-0.25, -0.2) is 0 Å². The van der Waals surface area contributed by atoms with E-state index in [-0.39, 0.29) is 0 Å². The third-order valence-corrected chi connectivity index (χ3v) is 3.22. The average Bonchev–Trinajstić information content (AvgIpc) is 2.18. The van der Waals surface area contributed by atoms with E-state index in [0.717, 1.165) is 4.47 Å². The molecule has 1 aromatic carbocycles. The van der Waals surface area contributed by atoms with E-state index in [0.29, 0.717) is 5.25 Å². The number of hydrogen-bond donors (Lipinski definition) is 0. The molecule has 80 valence electrons. The van der Waals surface area contributed by atoms with E-state index in [1.165, 1.54) is 11.1 Å². The molecular formula is C13H15BrS. The molecule has 0 spiro atoms. The van der Waals surface area contributed by atoms with Gasteiger partial charge in [-0.1, -0.05) is 41.9 Å². The molecule has 0 nitrogen and oxygen atoms in total. The van der Waals surface area contributed by atoms with Crippen LogP contribution in [0.2, 0.25) is 0 Å². The van der Waals surface area contributed by atoms with Gasteiger partial charge in [0.25, 0.3) is 0 Å². The summed E-state index contributed by atoms with van der Waals surface area (Å²) < 4.78 is 1.11. The number of hydrogen-bond acceptors (Lipinski definition) is 1. The molecule has 0 fully saturated rings. The van der Waals surface area contributed by atoms with Gasteiger partial charge in [-0.05, 0) is 30.2 Å². The summed E-state index contributed by atoms with van der Waals surface area (Å²) in [5.74, 6) is 0. The van der Waals surface area contributed by atoms with E-state index in [4.69, 9.17) is 0 Å². The molecule has 0 aliphatic heterocycles. The number of rotatable bonds is 3. The Morgan fingerprint density at radius 3 is 2.47 bits per heavy atom. The number of allylic oxidation sites excluding steroid dienone is 1. The van der Waals surface area contributed by atoms with Gasteiger partial charge in [0.05, 0.1) is 0 Å². The van der Waals surface area contributed by atoms with Crippen molar-refractivity contribution in [3.05, 3.63) is 45.4 Å². The second kappa shape index (κ2) is 6.22. The zero-order chi connectivity index (χ0) is 11.3. The SMILES string of the molecule is CC(=C=CSC(C)C)c1ccc(Br)cc1. The lowest BCUT2D eigenvalue weighted by molar-refractivity contribution is 1.12. The molecule has 0 heterocycles. The second-order valence-electron chi connectivity index (χ2n) is 3.58. The fourth-order valence-corrected chi connectivity index (χ4v) is 1.82. The minimum absolute atomic E-state index is 0.621. The van der Waals surface area contributed by atoms with Gasteiger partial charge in [0.15, 0.2) is 0 Å². The summed E-state index contributed by atoms with van der Waals surface area (Å²) in [6.45, 7) is 6.44. The summed E-state index contributed by atoms with van der Waals surface area (Å²) >= 11 is 5.22. The van der Waals surface area contributed by atoms with Crippen LogP contribution in [0.3, 0.4) is 0 Å². The summed E-state index contributed by atoms with van der Waals surface area (Å²) in [5, 5.41) is 2.66. The Labute approximate surface area is 105 Å². The van der Waals surface area contributed by atoms with Crippen molar-refractivity contribution in [1.29, 1.82) is 0 Å². The first-order valence-corrected chi connectivity index (χ1v) is 6.66. The van der Waals surface area contributed by atoms with Gasteiger partial charge in [-0.3, -0.25) is 0 Å². The predicted octanol–water partition coefficient (Wildman–Crippen LogP) is 5.11. The van der Waals surface area contributed by atoms with Gasteiger partial charge in [-0.2, -0.15) is 0 Å². The summed E-state index contributed by atoms with van der Waals surface area (Å²) in [4.78, 5) is 0. The Bertz CT molecular complexity index is 370. The monoisotopic (exact) mass is 282 g/mol. The molecule has 0 unspecified atom stereocenters. The topological polar surface area (TPSA) is 0 Å². The van der Waals surface area contributed by atoms with Crippen LogP contribution < -0.4 is 0 Å². The molecule has 2 heteroatoms. The molecule has 1 rings (SSSR count). The van der Waals surface area contributed by atoms with Crippen LogP contribution in [0.4, 0.5) is 0 Å². The maximum Gasteiger partial charge on any atom is 0.0175 e. The molecule has 0 saturated heterocycles. The Morgan fingerprint density at radius 1 is 1.33 bits per heavy atom. The van der Waals surface area contributed by atoms with Gasteiger partial charge in [0.2, 0.25) is 0 Å². The molecule has 0 aliphatic carbocycles. The van der Waals surface area contributed by atoms with Crippen molar-refractivity contribution in [3.8, 4) is 0 Å². The summed E-state index contributed by atoms with van der Waals surface area (Å²) in [5.41, 5.74) is 5.69. The smallest absolute Gasteiger partial charge is 0.0175 e. The number of benzene rings is 1. The fraction of sp³-hybridized carbons (Fsp3) is 0.308. The van der Waals surface area contributed by atoms with Crippen molar-refractivity contribution >= 4 is 33.3 Å². The molecule has 15 heavy (non-hydrogen) atoms. The van der Waals surface area contributed by atoms with Crippen LogP contribution in [0.15, 0.2) is 39.9 Å². The van der Waals surface area contributed by atoms with Gasteiger partial charge in [-0.15, -0.1) is 17.5 Å². The lowest BCUT2D eigenvalue weighted by Gasteiger charge is -1.98. The third kappa shape index (κ3) is 4.74. The maximum atomic E-state index is 3.42. The van der Waals surface area contributed by atoms with Crippen molar-refractivity contribution in [1.82, 2.24) is 0 Å². The minimum atomic E-state index is 0.621. The molecule has 0 atom stereocenters. The fourth-order valence-electron chi connectivity index (χ4n) is 1.04. The van der Waals surface area contributed by atoms with Gasteiger partial charge < -0.3 is 0 Å². The first kappa shape index (κ1) is 12.6. The molecular weight excluding hydrogens is 268 g/mol. The highest BCUT2D eigenvalue weighted by Gasteiger charge is 1.93. The number of thioether (sulfide) groups is 1. The quantitative estimate of drug-likeness (QED) is 0.695. The zero-order valence-corrected chi connectivity index (χ0v) is 11.7. The number of halogens is 1. The van der Waals surface area contributed by atoms with Crippen molar-refractivity contribution in [2.75, 3.05) is 0 Å². The lowest BCUT2D eigenvalue weighted by atomic mass is 10.1. The maximum absolute atomic E-state index is 3.42. The highest BCUT2D eigenvalue weighted by atomic mass is 79.9. The molecule has 0 radical (unpaired) electrons. The molecule has 1 aromatic rings. The van der Waals surface area contributed by atoms with E-state index >= 15 is 0 Å². The Kier molecular flexibility index (Phi) is 5.24. The Balaban J connectivity index is 2.79. The van der Waals surface area contributed by atoms with E-state index in [2.05, 4.69) is 66.7 Å². The van der Waals surface area contributed by atoms with Crippen LogP contribution in [-0.4, -0.2) is 5.25 Å². The van der Waals surface area contributed by atoms with Crippen LogP contribution in [0.5, 0.6) is 0 Å². The lowest BCUT2D eigenvalue weighted by Crippen LogP contribution is -1.80. The minimum Gasteiger partial charge on any atom is -0.123 e. The van der Waals surface area contributed by atoms with E-state index in [1.807, 2.05) is 5.41 Å². The summed E-state index contributed by atoms with van der Waals surface area (Å²) in [6.07, 6.45) is 0. The normalized spacial score (nSPS) is 9.93. The van der Waals surface area contributed by atoms with Crippen molar-refractivity contribution < 1.29 is 0 Å². The molecule has 0 aliphatic rings. The summed E-state index contributed by atoms with van der Waals surface area (Å²) in [7, 11) is 0. The summed E-state index contributed by atoms with van der Waals surface area (Å²) in [6, 6.07) is 8.30. The van der Waals surface area contributed by atoms with Crippen molar-refractivity contribution in [2.24, 2.45) is 0 Å². The predicted molar refractivity (Wildman–Crippen MR) is 74.0 cm³/mol. The molecule has 0 aromatic heterocycles. The Morgan fingerprint density at radius 2 is 1.93 bits per heavy atom. The zero-order valence-electron chi connectivity index (χ0n) is 9.25. The standard InChI is InChI=1S/C13H15BrS/c1-10(2)15-9-8-11(3)12-4-6-13(14)7-5-12/h4-7,9-10H,1-3H3. The molecule has 0 N–H and O–H groups in total. The van der Waals surface area contributed by atoms with Gasteiger partial charge >= 0.3 is 0 Å². The average molecular weight is 283 g/mol. The highest BCUT2D eigenvalue weighted by molar-refractivity contribution is 9.10. The van der Waals surface area contributed by atoms with Crippen LogP contribution in [-0.2, 0) is 0 Å². The molecule has 0 saturated carbocycles. The van der Waals surface area contributed by atoms with Crippen LogP contribution in [0.1, 0.15) is 26.3 Å². The van der Waals surface area contributed by atoms with Crippen LogP contribution >= 0.6 is 27.7 Å². The second-order valence-corrected chi connectivity index (χ2v) is 5.95.